The summed E-state index contributed by atoms with van der Waals surface area (Å²) in [6, 6.07) is 15.9. The molecule has 0 spiro atoms. The highest BCUT2D eigenvalue weighted by molar-refractivity contribution is 6.08. The second-order valence-corrected chi connectivity index (χ2v) is 12.1. The molecule has 2 N–H and O–H groups in total. The molecule has 1 saturated heterocycles. The number of para-hydroxylation sites is 1. The first kappa shape index (κ1) is 27.4. The lowest BCUT2D eigenvalue weighted by atomic mass is 9.86. The van der Waals surface area contributed by atoms with Gasteiger partial charge in [-0.3, -0.25) is 14.4 Å². The second kappa shape index (κ2) is 11.1. The van der Waals surface area contributed by atoms with Crippen molar-refractivity contribution in [3.63, 3.8) is 0 Å². The fraction of sp³-hybridized carbons (Fsp3) is 0.531. The Hall–Kier alpha value is -3.19. The molecule has 5 rings (SSSR count). The molecule has 2 aromatic carbocycles. The molecule has 2 heterocycles. The van der Waals surface area contributed by atoms with E-state index in [4.69, 9.17) is 0 Å². The van der Waals surface area contributed by atoms with Gasteiger partial charge in [0.25, 0.3) is 0 Å². The van der Waals surface area contributed by atoms with Gasteiger partial charge in [-0.05, 0) is 82.7 Å². The van der Waals surface area contributed by atoms with E-state index >= 15 is 0 Å². The van der Waals surface area contributed by atoms with E-state index in [1.165, 1.54) is 0 Å². The van der Waals surface area contributed by atoms with Gasteiger partial charge in [0.05, 0.1) is 5.41 Å². The summed E-state index contributed by atoms with van der Waals surface area (Å²) in [5.41, 5.74) is 3.72. The summed E-state index contributed by atoms with van der Waals surface area (Å²) in [5.74, 6) is 0.0253. The van der Waals surface area contributed by atoms with Gasteiger partial charge in [0, 0.05) is 43.2 Å². The van der Waals surface area contributed by atoms with Crippen LogP contribution in [0.4, 0.5) is 5.69 Å². The predicted octanol–water partition coefficient (Wildman–Crippen LogP) is 3.73. The summed E-state index contributed by atoms with van der Waals surface area (Å²) < 4.78 is 0. The Bertz CT molecular complexity index is 1230. The van der Waals surface area contributed by atoms with Crippen LogP contribution in [0.5, 0.6) is 0 Å². The first-order valence-electron chi connectivity index (χ1n) is 14.4. The molecule has 1 aliphatic carbocycles. The average molecular weight is 531 g/mol. The van der Waals surface area contributed by atoms with Crippen LogP contribution >= 0.6 is 0 Å². The number of aryl methyl sites for hydroxylation is 1. The molecule has 1 saturated carbocycles. The SMILES string of the molecule is CN[C@@H]1CC[C@H](C(=O)NC(Cc2ccccc2C)C(=O)N2CCC(N3C(=O)C(C)(C)c4ccccc43)CC2)C1. The van der Waals surface area contributed by atoms with E-state index in [9.17, 15) is 14.4 Å². The number of carbonyl (C=O) groups excluding carboxylic acids is 3. The van der Waals surface area contributed by atoms with Gasteiger partial charge in [-0.15, -0.1) is 0 Å². The molecule has 3 atom stereocenters. The summed E-state index contributed by atoms with van der Waals surface area (Å²) in [5, 5.41) is 6.43. The Kier molecular flexibility index (Phi) is 7.81. The second-order valence-electron chi connectivity index (χ2n) is 12.1. The van der Waals surface area contributed by atoms with Crippen LogP contribution in [0.25, 0.3) is 0 Å². The number of benzene rings is 2. The first-order valence-corrected chi connectivity index (χ1v) is 14.4. The Balaban J connectivity index is 1.29. The zero-order valence-corrected chi connectivity index (χ0v) is 23.7. The number of carbonyl (C=O) groups is 3. The van der Waals surface area contributed by atoms with Crippen LogP contribution in [0, 0.1) is 12.8 Å². The van der Waals surface area contributed by atoms with Crippen LogP contribution in [0.3, 0.4) is 0 Å². The van der Waals surface area contributed by atoms with Crippen LogP contribution in [0.1, 0.15) is 62.6 Å². The molecule has 0 aromatic heterocycles. The number of hydrogen-bond donors (Lipinski definition) is 2. The fourth-order valence-corrected chi connectivity index (χ4v) is 6.70. The summed E-state index contributed by atoms with van der Waals surface area (Å²) in [7, 11) is 1.94. The molecule has 39 heavy (non-hydrogen) atoms. The Morgan fingerprint density at radius 1 is 1.00 bits per heavy atom. The van der Waals surface area contributed by atoms with Gasteiger partial charge < -0.3 is 20.4 Å². The number of nitrogens with one attached hydrogen (secondary N) is 2. The van der Waals surface area contributed by atoms with Crippen molar-refractivity contribution >= 4 is 23.4 Å². The van der Waals surface area contributed by atoms with E-state index in [-0.39, 0.29) is 29.7 Å². The maximum Gasteiger partial charge on any atom is 0.245 e. The van der Waals surface area contributed by atoms with Crippen molar-refractivity contribution in [3.8, 4) is 0 Å². The van der Waals surface area contributed by atoms with Crippen LogP contribution in [0.2, 0.25) is 0 Å². The summed E-state index contributed by atoms with van der Waals surface area (Å²) in [6.07, 6.45) is 4.55. The van der Waals surface area contributed by atoms with Crippen molar-refractivity contribution in [2.24, 2.45) is 5.92 Å². The fourth-order valence-electron chi connectivity index (χ4n) is 6.70. The van der Waals surface area contributed by atoms with Crippen LogP contribution in [0.15, 0.2) is 48.5 Å². The number of hydrogen-bond acceptors (Lipinski definition) is 4. The number of nitrogens with zero attached hydrogens (tertiary/aromatic N) is 2. The highest BCUT2D eigenvalue weighted by Gasteiger charge is 2.47. The molecule has 2 aliphatic heterocycles. The summed E-state index contributed by atoms with van der Waals surface area (Å²) in [6.45, 7) is 7.18. The van der Waals surface area contributed by atoms with Crippen molar-refractivity contribution < 1.29 is 14.4 Å². The Morgan fingerprint density at radius 2 is 1.69 bits per heavy atom. The summed E-state index contributed by atoms with van der Waals surface area (Å²) in [4.78, 5) is 44.5. The lowest BCUT2D eigenvalue weighted by Gasteiger charge is -2.39. The number of rotatable bonds is 7. The van der Waals surface area contributed by atoms with Crippen molar-refractivity contribution in [1.29, 1.82) is 0 Å². The van der Waals surface area contributed by atoms with Crippen LogP contribution < -0.4 is 15.5 Å². The third kappa shape index (κ3) is 5.33. The molecule has 0 bridgehead atoms. The van der Waals surface area contributed by atoms with E-state index < -0.39 is 11.5 Å². The number of likely N-dealkylation sites (tertiary alicyclic amines) is 1. The lowest BCUT2D eigenvalue weighted by molar-refractivity contribution is -0.138. The van der Waals surface area contributed by atoms with Gasteiger partial charge >= 0.3 is 0 Å². The maximum absolute atomic E-state index is 13.9. The molecule has 0 radical (unpaired) electrons. The van der Waals surface area contributed by atoms with Gasteiger partial charge in [0.1, 0.15) is 6.04 Å². The lowest BCUT2D eigenvalue weighted by Crippen LogP contribution is -2.55. The quantitative estimate of drug-likeness (QED) is 0.572. The van der Waals surface area contributed by atoms with E-state index in [1.807, 2.05) is 86.1 Å². The largest absolute Gasteiger partial charge is 0.344 e. The van der Waals surface area contributed by atoms with Crippen LogP contribution in [-0.4, -0.2) is 60.9 Å². The third-order valence-corrected chi connectivity index (χ3v) is 9.24. The minimum atomic E-state index is -0.600. The van der Waals surface area contributed by atoms with Gasteiger partial charge in [-0.1, -0.05) is 42.5 Å². The molecular formula is C32H42N4O3. The van der Waals surface area contributed by atoms with Gasteiger partial charge in [-0.25, -0.2) is 0 Å². The minimum absolute atomic E-state index is 0.0175. The number of fused-ring (bicyclic) bond motifs is 1. The number of anilines is 1. The highest BCUT2D eigenvalue weighted by atomic mass is 16.2. The topological polar surface area (TPSA) is 81.8 Å². The first-order chi connectivity index (χ1) is 18.7. The molecule has 208 valence electrons. The zero-order chi connectivity index (χ0) is 27.7. The molecule has 7 nitrogen and oxygen atoms in total. The molecular weight excluding hydrogens is 488 g/mol. The molecule has 2 fully saturated rings. The zero-order valence-electron chi connectivity index (χ0n) is 23.7. The van der Waals surface area contributed by atoms with E-state index in [0.717, 1.165) is 54.5 Å². The number of piperidine rings is 1. The van der Waals surface area contributed by atoms with Gasteiger partial charge in [0.15, 0.2) is 0 Å². The maximum atomic E-state index is 13.9. The highest BCUT2D eigenvalue weighted by Crippen LogP contribution is 2.43. The van der Waals surface area contributed by atoms with E-state index in [2.05, 4.69) is 10.6 Å². The smallest absolute Gasteiger partial charge is 0.245 e. The standard InChI is InChI=1S/C32H42N4O3/c1-21-9-5-6-10-22(21)20-27(34-29(37)23-13-14-24(19-23)33-4)30(38)35-17-15-25(16-18-35)36-28-12-8-7-11-26(28)32(2,3)31(36)39/h5-12,23-25,27,33H,13-20H2,1-4H3,(H,34,37)/t23-,24+,27?/m0/s1. The predicted molar refractivity (Wildman–Crippen MR) is 154 cm³/mol. The molecule has 3 aliphatic rings. The third-order valence-electron chi connectivity index (χ3n) is 9.24. The van der Waals surface area contributed by atoms with Crippen molar-refractivity contribution in [1.82, 2.24) is 15.5 Å². The molecule has 3 amide bonds. The average Bonchev–Trinajstić information content (AvgIpc) is 3.50. The van der Waals surface area contributed by atoms with Gasteiger partial charge in [0.2, 0.25) is 17.7 Å². The molecule has 7 heteroatoms. The normalized spacial score (nSPS) is 23.5. The summed E-state index contributed by atoms with van der Waals surface area (Å²) >= 11 is 0. The Morgan fingerprint density at radius 3 is 2.38 bits per heavy atom. The van der Waals surface area contributed by atoms with Crippen molar-refractivity contribution in [2.45, 2.75) is 82.8 Å². The molecule has 1 unspecified atom stereocenters. The van der Waals surface area contributed by atoms with Crippen LogP contribution in [-0.2, 0) is 26.2 Å². The van der Waals surface area contributed by atoms with Gasteiger partial charge in [-0.2, -0.15) is 0 Å². The monoisotopic (exact) mass is 530 g/mol. The van der Waals surface area contributed by atoms with E-state index in [0.29, 0.717) is 25.6 Å². The minimum Gasteiger partial charge on any atom is -0.344 e. The van der Waals surface area contributed by atoms with Crippen molar-refractivity contribution in [2.75, 3.05) is 25.0 Å². The van der Waals surface area contributed by atoms with Crippen molar-refractivity contribution in [3.05, 3.63) is 65.2 Å². The number of amides is 3. The Labute approximate surface area is 232 Å². The van der Waals surface area contributed by atoms with E-state index in [1.54, 1.807) is 0 Å². The molecule has 2 aromatic rings.